The van der Waals surface area contributed by atoms with Crippen LogP contribution in [0.1, 0.15) is 16.2 Å². The van der Waals surface area contributed by atoms with Gasteiger partial charge in [0.2, 0.25) is 5.82 Å². The van der Waals surface area contributed by atoms with Gasteiger partial charge in [0.15, 0.2) is 5.78 Å². The van der Waals surface area contributed by atoms with Crippen molar-refractivity contribution in [1.29, 1.82) is 0 Å². The van der Waals surface area contributed by atoms with Crippen molar-refractivity contribution >= 4 is 22.5 Å². The molecule has 0 atom stereocenters. The van der Waals surface area contributed by atoms with Gasteiger partial charge in [-0.2, -0.15) is 13.2 Å². The summed E-state index contributed by atoms with van der Waals surface area (Å²) < 4.78 is 41.5. The summed E-state index contributed by atoms with van der Waals surface area (Å²) in [4.78, 5) is 19.8. The molecular formula is C21H15F3N4O. The fourth-order valence-electron chi connectivity index (χ4n) is 3.02. The van der Waals surface area contributed by atoms with Gasteiger partial charge in [-0.25, -0.2) is 4.98 Å². The zero-order chi connectivity index (χ0) is 20.4. The highest BCUT2D eigenvalue weighted by molar-refractivity contribution is 5.98. The van der Waals surface area contributed by atoms with Gasteiger partial charge in [-0.05, 0) is 48.5 Å². The molecule has 4 aromatic rings. The highest BCUT2D eigenvalue weighted by Gasteiger charge is 2.38. The van der Waals surface area contributed by atoms with E-state index in [0.29, 0.717) is 22.5 Å². The molecule has 0 radical (unpaired) electrons. The van der Waals surface area contributed by atoms with E-state index in [0.717, 1.165) is 4.57 Å². The second-order valence-electron chi connectivity index (χ2n) is 6.32. The van der Waals surface area contributed by atoms with Gasteiger partial charge in [-0.15, -0.1) is 0 Å². The number of Topliss-reactive ketones (excluding diaryl/α,β-unsaturated/α-hetero) is 1. The van der Waals surface area contributed by atoms with E-state index in [1.54, 1.807) is 66.9 Å². The number of anilines is 1. The molecule has 2 heterocycles. The lowest BCUT2D eigenvalue weighted by Gasteiger charge is -2.12. The Hall–Kier alpha value is -3.68. The topological polar surface area (TPSA) is 59.8 Å². The van der Waals surface area contributed by atoms with Gasteiger partial charge in [-0.1, -0.05) is 12.1 Å². The van der Waals surface area contributed by atoms with E-state index in [4.69, 9.17) is 0 Å². The highest BCUT2D eigenvalue weighted by Crippen LogP contribution is 2.33. The van der Waals surface area contributed by atoms with Gasteiger partial charge in [0, 0.05) is 29.3 Å². The molecule has 5 nitrogen and oxygen atoms in total. The molecule has 0 amide bonds. The standard InChI is InChI=1S/C21H15F3N4O/c22-21(23,24)20-27-17-5-1-2-6-18(17)28(20)16-9-7-15(8-10-16)26-13-19(29)14-4-3-11-25-12-14/h1-12,26H,13H2. The third kappa shape index (κ3) is 3.82. The summed E-state index contributed by atoms with van der Waals surface area (Å²) in [5.74, 6) is -1.12. The van der Waals surface area contributed by atoms with Crippen LogP contribution >= 0.6 is 0 Å². The monoisotopic (exact) mass is 396 g/mol. The van der Waals surface area contributed by atoms with Gasteiger partial charge in [0.05, 0.1) is 17.6 Å². The molecule has 0 aliphatic carbocycles. The summed E-state index contributed by atoms with van der Waals surface area (Å²) in [6.45, 7) is 0.0485. The van der Waals surface area contributed by atoms with Crippen LogP contribution in [0.25, 0.3) is 16.7 Å². The van der Waals surface area contributed by atoms with Crippen LogP contribution in [-0.2, 0) is 6.18 Å². The van der Waals surface area contributed by atoms with Crippen LogP contribution in [0.5, 0.6) is 0 Å². The highest BCUT2D eigenvalue weighted by atomic mass is 19.4. The Morgan fingerprint density at radius 3 is 2.45 bits per heavy atom. The van der Waals surface area contributed by atoms with E-state index in [2.05, 4.69) is 15.3 Å². The third-order valence-electron chi connectivity index (χ3n) is 4.38. The quantitative estimate of drug-likeness (QED) is 0.496. The number of fused-ring (bicyclic) bond motifs is 1. The van der Waals surface area contributed by atoms with Crippen LogP contribution in [0.2, 0.25) is 0 Å². The lowest BCUT2D eigenvalue weighted by molar-refractivity contribution is -0.145. The smallest absolute Gasteiger partial charge is 0.378 e. The average molecular weight is 396 g/mol. The molecule has 0 bridgehead atoms. The summed E-state index contributed by atoms with van der Waals surface area (Å²) in [6.07, 6.45) is -1.53. The first-order valence-corrected chi connectivity index (χ1v) is 8.76. The molecule has 4 rings (SSSR count). The van der Waals surface area contributed by atoms with Crippen molar-refractivity contribution in [3.8, 4) is 5.69 Å². The normalized spacial score (nSPS) is 11.6. The van der Waals surface area contributed by atoms with Crippen molar-refractivity contribution in [1.82, 2.24) is 14.5 Å². The largest absolute Gasteiger partial charge is 0.450 e. The van der Waals surface area contributed by atoms with Crippen molar-refractivity contribution in [2.75, 3.05) is 11.9 Å². The Labute approximate surface area is 163 Å². The van der Waals surface area contributed by atoms with Crippen LogP contribution < -0.4 is 5.32 Å². The number of carbonyl (C=O) groups excluding carboxylic acids is 1. The van der Waals surface area contributed by atoms with Gasteiger partial charge in [-0.3, -0.25) is 14.3 Å². The first kappa shape index (κ1) is 18.7. The number of nitrogens with one attached hydrogen (secondary N) is 1. The number of para-hydroxylation sites is 2. The molecule has 0 unspecified atom stereocenters. The van der Waals surface area contributed by atoms with Gasteiger partial charge >= 0.3 is 6.18 Å². The number of ketones is 1. The van der Waals surface area contributed by atoms with Crippen LogP contribution in [0.15, 0.2) is 73.1 Å². The number of aromatic nitrogens is 3. The van der Waals surface area contributed by atoms with Crippen LogP contribution in [0, 0.1) is 0 Å². The molecule has 146 valence electrons. The number of benzene rings is 2. The molecule has 0 saturated carbocycles. The third-order valence-corrected chi connectivity index (χ3v) is 4.38. The molecule has 2 aromatic heterocycles. The van der Waals surface area contributed by atoms with Crippen molar-refractivity contribution < 1.29 is 18.0 Å². The number of carbonyl (C=O) groups is 1. The number of nitrogens with zero attached hydrogens (tertiary/aromatic N) is 3. The van der Waals surface area contributed by atoms with Crippen molar-refractivity contribution in [3.63, 3.8) is 0 Å². The maximum absolute atomic E-state index is 13.5. The summed E-state index contributed by atoms with van der Waals surface area (Å²) in [5, 5.41) is 2.97. The fourth-order valence-corrected chi connectivity index (χ4v) is 3.02. The Balaban J connectivity index is 1.59. The van der Waals surface area contributed by atoms with E-state index in [9.17, 15) is 18.0 Å². The van der Waals surface area contributed by atoms with Gasteiger partial charge in [0.25, 0.3) is 0 Å². The molecule has 0 fully saturated rings. The number of halogens is 3. The zero-order valence-corrected chi connectivity index (χ0v) is 15.0. The molecule has 0 aliphatic rings. The average Bonchev–Trinajstić information content (AvgIpc) is 3.13. The van der Waals surface area contributed by atoms with Gasteiger partial charge < -0.3 is 5.32 Å². The molecule has 0 aliphatic heterocycles. The second kappa shape index (κ2) is 7.38. The lowest BCUT2D eigenvalue weighted by Crippen LogP contribution is -2.15. The SMILES string of the molecule is O=C(CNc1ccc(-n2c(C(F)(F)F)nc3ccccc32)cc1)c1cccnc1. The molecule has 29 heavy (non-hydrogen) atoms. The fraction of sp³-hybridized carbons (Fsp3) is 0.0952. The van der Waals surface area contributed by atoms with E-state index < -0.39 is 12.0 Å². The predicted molar refractivity (Wildman–Crippen MR) is 103 cm³/mol. The second-order valence-corrected chi connectivity index (χ2v) is 6.32. The van der Waals surface area contributed by atoms with Crippen molar-refractivity contribution in [3.05, 3.63) is 84.4 Å². The summed E-state index contributed by atoms with van der Waals surface area (Å²) in [7, 11) is 0. The number of hydrogen-bond acceptors (Lipinski definition) is 4. The predicted octanol–water partition coefficient (Wildman–Crippen LogP) is 4.73. The van der Waals surface area contributed by atoms with Crippen LogP contribution in [-0.4, -0.2) is 26.9 Å². The number of hydrogen-bond donors (Lipinski definition) is 1. The molecule has 2 aromatic carbocycles. The minimum atomic E-state index is -4.59. The Morgan fingerprint density at radius 1 is 1.00 bits per heavy atom. The van der Waals surface area contributed by atoms with E-state index >= 15 is 0 Å². The molecule has 0 spiro atoms. The summed E-state index contributed by atoms with van der Waals surface area (Å²) in [6, 6.07) is 16.2. The maximum Gasteiger partial charge on any atom is 0.450 e. The molecule has 0 saturated heterocycles. The van der Waals surface area contributed by atoms with E-state index in [1.807, 2.05) is 0 Å². The van der Waals surface area contributed by atoms with E-state index in [-0.39, 0.29) is 17.8 Å². The maximum atomic E-state index is 13.5. The summed E-state index contributed by atoms with van der Waals surface area (Å²) >= 11 is 0. The van der Waals surface area contributed by atoms with Gasteiger partial charge in [0.1, 0.15) is 0 Å². The van der Waals surface area contributed by atoms with Crippen LogP contribution in [0.4, 0.5) is 18.9 Å². The first-order valence-electron chi connectivity index (χ1n) is 8.76. The number of imidazole rings is 1. The Morgan fingerprint density at radius 2 is 1.76 bits per heavy atom. The molecular weight excluding hydrogens is 381 g/mol. The lowest BCUT2D eigenvalue weighted by atomic mass is 10.2. The minimum absolute atomic E-state index is 0.0485. The zero-order valence-electron chi connectivity index (χ0n) is 15.0. The molecule has 1 N–H and O–H groups in total. The van der Waals surface area contributed by atoms with E-state index in [1.165, 1.54) is 6.20 Å². The Kier molecular flexibility index (Phi) is 4.75. The number of pyridine rings is 1. The van der Waals surface area contributed by atoms with Crippen LogP contribution in [0.3, 0.4) is 0 Å². The van der Waals surface area contributed by atoms with Crippen molar-refractivity contribution in [2.24, 2.45) is 0 Å². The molecule has 8 heteroatoms. The number of rotatable bonds is 5. The number of alkyl halides is 3. The first-order chi connectivity index (χ1) is 13.9. The summed E-state index contributed by atoms with van der Waals surface area (Å²) in [5.41, 5.74) is 2.06. The Bertz CT molecular complexity index is 1150. The minimum Gasteiger partial charge on any atom is -0.378 e. The van der Waals surface area contributed by atoms with Crippen molar-refractivity contribution in [2.45, 2.75) is 6.18 Å².